The molecule has 0 saturated carbocycles. The minimum absolute atomic E-state index is 0.0216. The van der Waals surface area contributed by atoms with Gasteiger partial charge in [-0.1, -0.05) is 83.3 Å². The van der Waals surface area contributed by atoms with Gasteiger partial charge in [0.25, 0.3) is 0 Å². The van der Waals surface area contributed by atoms with Gasteiger partial charge in [-0.05, 0) is 31.9 Å². The number of rotatable bonds is 14. The van der Waals surface area contributed by atoms with Gasteiger partial charge in [0.2, 0.25) is 0 Å². The van der Waals surface area contributed by atoms with Crippen molar-refractivity contribution in [2.24, 2.45) is 0 Å². The second kappa shape index (κ2) is 13.9. The monoisotopic (exact) mass is 350 g/mol. The predicted octanol–water partition coefficient (Wildman–Crippen LogP) is 7.07. The van der Waals surface area contributed by atoms with Crippen LogP contribution in [0.25, 0.3) is 0 Å². The maximum Gasteiger partial charge on any atom is 0.341 e. The molecule has 0 fully saturated rings. The van der Waals surface area contributed by atoms with Crippen molar-refractivity contribution in [1.82, 2.24) is 0 Å². The van der Waals surface area contributed by atoms with Crippen molar-refractivity contribution in [3.63, 3.8) is 0 Å². The van der Waals surface area contributed by atoms with Crippen LogP contribution in [0.2, 0.25) is 0 Å². The largest absolute Gasteiger partial charge is 0.459 e. The number of unbranched alkanes of at least 4 members (excludes halogenated alkanes) is 10. The molecule has 0 bridgehead atoms. The van der Waals surface area contributed by atoms with Crippen LogP contribution >= 0.6 is 0 Å². The molecule has 0 aliphatic carbocycles. The van der Waals surface area contributed by atoms with Gasteiger partial charge in [0.15, 0.2) is 0 Å². The highest BCUT2D eigenvalue weighted by atomic mass is 19.1. The van der Waals surface area contributed by atoms with E-state index in [0.717, 1.165) is 12.8 Å². The van der Waals surface area contributed by atoms with Crippen LogP contribution < -0.4 is 0 Å². The summed E-state index contributed by atoms with van der Waals surface area (Å²) in [7, 11) is 0. The van der Waals surface area contributed by atoms with Crippen LogP contribution in [0.4, 0.5) is 4.39 Å². The molecule has 0 aliphatic heterocycles. The van der Waals surface area contributed by atoms with Crippen molar-refractivity contribution in [3.05, 3.63) is 35.6 Å². The summed E-state index contributed by atoms with van der Waals surface area (Å²) in [6, 6.07) is 5.96. The summed E-state index contributed by atoms with van der Waals surface area (Å²) in [5.74, 6) is -1.08. The fraction of sp³-hybridized carbons (Fsp3) is 0.682. The van der Waals surface area contributed by atoms with Gasteiger partial charge < -0.3 is 4.74 Å². The summed E-state index contributed by atoms with van der Waals surface area (Å²) >= 11 is 0. The van der Waals surface area contributed by atoms with Crippen molar-refractivity contribution in [2.75, 3.05) is 0 Å². The van der Waals surface area contributed by atoms with Gasteiger partial charge in [-0.25, -0.2) is 9.18 Å². The Morgan fingerprint density at radius 1 is 0.920 bits per heavy atom. The van der Waals surface area contributed by atoms with Gasteiger partial charge >= 0.3 is 5.97 Å². The third-order valence-corrected chi connectivity index (χ3v) is 4.62. The van der Waals surface area contributed by atoms with E-state index in [1.165, 1.54) is 76.3 Å². The molecule has 1 aromatic rings. The third kappa shape index (κ3) is 10.3. The van der Waals surface area contributed by atoms with Gasteiger partial charge in [0.1, 0.15) is 5.82 Å². The first-order valence-corrected chi connectivity index (χ1v) is 10.1. The van der Waals surface area contributed by atoms with Crippen molar-refractivity contribution in [3.8, 4) is 0 Å². The summed E-state index contributed by atoms with van der Waals surface area (Å²) in [6.07, 6.45) is 15.0. The van der Waals surface area contributed by atoms with Crippen LogP contribution in [-0.2, 0) is 4.74 Å². The fourth-order valence-corrected chi connectivity index (χ4v) is 3.03. The first-order chi connectivity index (χ1) is 12.1. The molecule has 1 aromatic carbocycles. The van der Waals surface area contributed by atoms with Gasteiger partial charge in [0.05, 0.1) is 11.7 Å². The first kappa shape index (κ1) is 21.7. The highest BCUT2D eigenvalue weighted by molar-refractivity contribution is 5.89. The summed E-state index contributed by atoms with van der Waals surface area (Å²) in [5.41, 5.74) is 0.0216. The number of carbonyl (C=O) groups excluding carboxylic acids is 1. The molecule has 3 heteroatoms. The van der Waals surface area contributed by atoms with Crippen LogP contribution in [0.5, 0.6) is 0 Å². The third-order valence-electron chi connectivity index (χ3n) is 4.62. The molecule has 1 unspecified atom stereocenters. The minimum atomic E-state index is -0.561. The summed E-state index contributed by atoms with van der Waals surface area (Å²) in [5, 5.41) is 0. The number of hydrogen-bond donors (Lipinski definition) is 0. The Hall–Kier alpha value is -1.38. The lowest BCUT2D eigenvalue weighted by Gasteiger charge is -2.13. The van der Waals surface area contributed by atoms with E-state index in [9.17, 15) is 9.18 Å². The van der Waals surface area contributed by atoms with E-state index in [4.69, 9.17) is 4.74 Å². The molecule has 0 radical (unpaired) electrons. The Balaban J connectivity index is 1.99. The van der Waals surface area contributed by atoms with Crippen LogP contribution in [0, 0.1) is 5.82 Å². The van der Waals surface area contributed by atoms with Gasteiger partial charge in [-0.3, -0.25) is 0 Å². The smallest absolute Gasteiger partial charge is 0.341 e. The molecule has 0 N–H and O–H groups in total. The van der Waals surface area contributed by atoms with Crippen molar-refractivity contribution >= 4 is 5.97 Å². The molecule has 1 rings (SSSR count). The number of ether oxygens (including phenoxy) is 1. The molecule has 2 nitrogen and oxygen atoms in total. The van der Waals surface area contributed by atoms with E-state index in [-0.39, 0.29) is 11.7 Å². The molecule has 0 aliphatic rings. The maximum absolute atomic E-state index is 13.5. The second-order valence-electron chi connectivity index (χ2n) is 7.02. The summed E-state index contributed by atoms with van der Waals surface area (Å²) in [4.78, 5) is 11.9. The quantitative estimate of drug-likeness (QED) is 0.265. The Labute approximate surface area is 153 Å². The number of halogens is 1. The first-order valence-electron chi connectivity index (χ1n) is 10.1. The number of benzene rings is 1. The molecular weight excluding hydrogens is 315 g/mol. The molecule has 0 aromatic heterocycles. The zero-order valence-electron chi connectivity index (χ0n) is 16.1. The molecule has 0 amide bonds. The lowest BCUT2D eigenvalue weighted by molar-refractivity contribution is 0.0314. The Morgan fingerprint density at radius 3 is 2.00 bits per heavy atom. The number of hydrogen-bond acceptors (Lipinski definition) is 2. The fourth-order valence-electron chi connectivity index (χ4n) is 3.03. The van der Waals surface area contributed by atoms with Gasteiger partial charge in [0, 0.05) is 0 Å². The summed E-state index contributed by atoms with van der Waals surface area (Å²) in [6.45, 7) is 4.14. The van der Waals surface area contributed by atoms with E-state index < -0.39 is 11.8 Å². The zero-order chi connectivity index (χ0) is 18.3. The second-order valence-corrected chi connectivity index (χ2v) is 7.02. The molecular formula is C22H35FO2. The Kier molecular flexibility index (Phi) is 12.0. The average molecular weight is 351 g/mol. The lowest BCUT2D eigenvalue weighted by Crippen LogP contribution is -2.16. The van der Waals surface area contributed by atoms with Crippen LogP contribution in [0.3, 0.4) is 0 Å². The van der Waals surface area contributed by atoms with Gasteiger partial charge in [-0.2, -0.15) is 0 Å². The van der Waals surface area contributed by atoms with Crippen molar-refractivity contribution < 1.29 is 13.9 Å². The van der Waals surface area contributed by atoms with E-state index in [0.29, 0.717) is 0 Å². The Bertz CT molecular complexity index is 473. The molecule has 142 valence electrons. The normalized spacial score (nSPS) is 12.1. The molecule has 0 heterocycles. The van der Waals surface area contributed by atoms with Crippen LogP contribution in [-0.4, -0.2) is 12.1 Å². The molecule has 25 heavy (non-hydrogen) atoms. The van der Waals surface area contributed by atoms with Crippen molar-refractivity contribution in [1.29, 1.82) is 0 Å². The Morgan fingerprint density at radius 2 is 1.44 bits per heavy atom. The number of carbonyl (C=O) groups is 1. The summed E-state index contributed by atoms with van der Waals surface area (Å²) < 4.78 is 18.9. The predicted molar refractivity (Wildman–Crippen MR) is 102 cm³/mol. The average Bonchev–Trinajstić information content (AvgIpc) is 2.60. The van der Waals surface area contributed by atoms with Crippen LogP contribution in [0.1, 0.15) is 101 Å². The molecule has 1 atom stereocenters. The molecule has 0 saturated heterocycles. The highest BCUT2D eigenvalue weighted by Gasteiger charge is 2.15. The van der Waals surface area contributed by atoms with E-state index in [2.05, 4.69) is 6.92 Å². The number of esters is 1. The highest BCUT2D eigenvalue weighted by Crippen LogP contribution is 2.15. The van der Waals surface area contributed by atoms with E-state index in [1.807, 2.05) is 6.92 Å². The van der Waals surface area contributed by atoms with Gasteiger partial charge in [-0.15, -0.1) is 0 Å². The van der Waals surface area contributed by atoms with Crippen molar-refractivity contribution in [2.45, 2.75) is 97.0 Å². The zero-order valence-corrected chi connectivity index (χ0v) is 16.1. The standard InChI is InChI=1S/C22H35FO2/c1-3-4-5-6-7-8-9-10-11-12-13-16-19(2)25-22(24)20-17-14-15-18-21(20)23/h14-15,17-19H,3-13,16H2,1-2H3. The van der Waals surface area contributed by atoms with Crippen LogP contribution in [0.15, 0.2) is 24.3 Å². The van der Waals surface area contributed by atoms with E-state index in [1.54, 1.807) is 12.1 Å². The maximum atomic E-state index is 13.5. The SMILES string of the molecule is CCCCCCCCCCCCCC(C)OC(=O)c1ccccc1F. The molecule has 0 spiro atoms. The van der Waals surface area contributed by atoms with E-state index >= 15 is 0 Å². The lowest BCUT2D eigenvalue weighted by atomic mass is 10.0. The topological polar surface area (TPSA) is 26.3 Å². The minimum Gasteiger partial charge on any atom is -0.459 e.